The maximum Gasteiger partial charge on any atom is 0.304 e. The van der Waals surface area contributed by atoms with E-state index in [1.165, 1.54) is 37.8 Å². The lowest BCUT2D eigenvalue weighted by Gasteiger charge is -2.27. The highest BCUT2D eigenvalue weighted by Gasteiger charge is 2.31. The zero-order chi connectivity index (χ0) is 14.6. The molecule has 1 aliphatic rings. The molecule has 1 N–H and O–H groups in total. The molecule has 1 aliphatic carbocycles. The molecule has 0 heterocycles. The first-order chi connectivity index (χ1) is 9.56. The van der Waals surface area contributed by atoms with Gasteiger partial charge in [-0.05, 0) is 36.3 Å². The van der Waals surface area contributed by atoms with Crippen LogP contribution in [0, 0.1) is 21.3 Å². The van der Waals surface area contributed by atoms with Crippen LogP contribution >= 0.6 is 0 Å². The fourth-order valence-electron chi connectivity index (χ4n) is 3.06. The lowest BCUT2D eigenvalue weighted by atomic mass is 9.83. The summed E-state index contributed by atoms with van der Waals surface area (Å²) in [7, 11) is 0. The average Bonchev–Trinajstić information content (AvgIpc) is 2.88. The molecule has 1 aromatic carbocycles. The lowest BCUT2D eigenvalue weighted by Crippen LogP contribution is -2.31. The molecule has 1 fully saturated rings. The summed E-state index contributed by atoms with van der Waals surface area (Å²) in [6.45, 7) is 3.71. The molecule has 0 amide bonds. The van der Waals surface area contributed by atoms with Crippen LogP contribution in [0.25, 0.3) is 0 Å². The fourth-order valence-corrected chi connectivity index (χ4v) is 3.06. The normalized spacial score (nSPS) is 17.3. The van der Waals surface area contributed by atoms with Gasteiger partial charge >= 0.3 is 5.69 Å². The zero-order valence-corrected chi connectivity index (χ0v) is 11.8. The number of rotatable bonds is 6. The average molecular weight is 280 g/mol. The van der Waals surface area contributed by atoms with E-state index in [0.717, 1.165) is 18.5 Å². The second kappa shape index (κ2) is 6.31. The summed E-state index contributed by atoms with van der Waals surface area (Å²) in [6, 6.07) is 4.09. The van der Waals surface area contributed by atoms with Crippen molar-refractivity contribution < 1.29 is 9.31 Å². The number of nitro groups is 1. The van der Waals surface area contributed by atoms with Crippen molar-refractivity contribution in [2.75, 3.05) is 6.54 Å². The van der Waals surface area contributed by atoms with E-state index < -0.39 is 16.4 Å². The summed E-state index contributed by atoms with van der Waals surface area (Å²) in [5.41, 5.74) is 0.672. The van der Waals surface area contributed by atoms with Crippen LogP contribution in [-0.4, -0.2) is 11.5 Å². The molecule has 0 radical (unpaired) electrons. The van der Waals surface area contributed by atoms with E-state index in [0.29, 0.717) is 12.0 Å². The molecule has 2 rings (SSSR count). The van der Waals surface area contributed by atoms with Gasteiger partial charge in [0.15, 0.2) is 0 Å². The highest BCUT2D eigenvalue weighted by molar-refractivity contribution is 5.34. The standard InChI is InChI=1S/C15H21FN2O2/c1-2-15(7-3-4-8-15)11-17-10-12-5-6-14(18(19)20)13(16)9-12/h5-6,9,17H,2-4,7-8,10-11H2,1H3. The van der Waals surface area contributed by atoms with Gasteiger partial charge in [0, 0.05) is 19.2 Å². The Hall–Kier alpha value is -1.49. The van der Waals surface area contributed by atoms with E-state index in [1.807, 2.05) is 0 Å². The highest BCUT2D eigenvalue weighted by atomic mass is 19.1. The van der Waals surface area contributed by atoms with Gasteiger partial charge in [-0.1, -0.05) is 25.8 Å². The van der Waals surface area contributed by atoms with Gasteiger partial charge in [-0.25, -0.2) is 0 Å². The minimum Gasteiger partial charge on any atom is -0.312 e. The van der Waals surface area contributed by atoms with Gasteiger partial charge in [0.2, 0.25) is 5.82 Å². The van der Waals surface area contributed by atoms with Crippen LogP contribution in [0.2, 0.25) is 0 Å². The van der Waals surface area contributed by atoms with Crippen LogP contribution < -0.4 is 5.32 Å². The Balaban J connectivity index is 1.91. The maximum absolute atomic E-state index is 13.5. The highest BCUT2D eigenvalue weighted by Crippen LogP contribution is 2.40. The minimum absolute atomic E-state index is 0.388. The molecule has 0 spiro atoms. The predicted octanol–water partition coefficient (Wildman–Crippen LogP) is 3.79. The molecule has 110 valence electrons. The molecule has 5 heteroatoms. The van der Waals surface area contributed by atoms with E-state index in [-0.39, 0.29) is 0 Å². The lowest BCUT2D eigenvalue weighted by molar-refractivity contribution is -0.387. The molecule has 0 aliphatic heterocycles. The van der Waals surface area contributed by atoms with Crippen molar-refractivity contribution in [2.45, 2.75) is 45.6 Å². The monoisotopic (exact) mass is 280 g/mol. The van der Waals surface area contributed by atoms with Gasteiger partial charge < -0.3 is 5.32 Å². The van der Waals surface area contributed by atoms with Crippen molar-refractivity contribution in [2.24, 2.45) is 5.41 Å². The Labute approximate surface area is 118 Å². The quantitative estimate of drug-likeness (QED) is 0.637. The van der Waals surface area contributed by atoms with Gasteiger partial charge in [0.1, 0.15) is 0 Å². The predicted molar refractivity (Wildman–Crippen MR) is 76.0 cm³/mol. The number of nitrogens with zero attached hydrogens (tertiary/aromatic N) is 1. The minimum atomic E-state index is -0.764. The summed E-state index contributed by atoms with van der Waals surface area (Å²) in [4.78, 5) is 9.85. The first-order valence-corrected chi connectivity index (χ1v) is 7.20. The smallest absolute Gasteiger partial charge is 0.304 e. The van der Waals surface area contributed by atoms with Gasteiger partial charge in [0.25, 0.3) is 0 Å². The third-order valence-corrected chi connectivity index (χ3v) is 4.45. The van der Waals surface area contributed by atoms with E-state index in [1.54, 1.807) is 6.07 Å². The molecule has 4 nitrogen and oxygen atoms in total. The van der Waals surface area contributed by atoms with Crippen LogP contribution in [-0.2, 0) is 6.54 Å². The van der Waals surface area contributed by atoms with Crippen LogP contribution in [0.4, 0.5) is 10.1 Å². The molecule has 1 saturated carbocycles. The number of benzene rings is 1. The van der Waals surface area contributed by atoms with E-state index >= 15 is 0 Å². The van der Waals surface area contributed by atoms with Gasteiger partial charge in [-0.15, -0.1) is 0 Å². The van der Waals surface area contributed by atoms with Crippen molar-refractivity contribution in [1.82, 2.24) is 5.32 Å². The zero-order valence-electron chi connectivity index (χ0n) is 11.8. The third kappa shape index (κ3) is 3.33. The van der Waals surface area contributed by atoms with Crippen molar-refractivity contribution >= 4 is 5.69 Å². The van der Waals surface area contributed by atoms with Crippen molar-refractivity contribution in [1.29, 1.82) is 0 Å². The van der Waals surface area contributed by atoms with Crippen LogP contribution in [0.1, 0.15) is 44.6 Å². The largest absolute Gasteiger partial charge is 0.312 e. The maximum atomic E-state index is 13.5. The third-order valence-electron chi connectivity index (χ3n) is 4.45. The second-order valence-electron chi connectivity index (χ2n) is 5.71. The molecular weight excluding hydrogens is 259 g/mol. The van der Waals surface area contributed by atoms with Gasteiger partial charge in [-0.2, -0.15) is 4.39 Å². The molecule has 0 atom stereocenters. The van der Waals surface area contributed by atoms with Gasteiger partial charge in [0.05, 0.1) is 4.92 Å². The first kappa shape index (κ1) is 14.9. The summed E-state index contributed by atoms with van der Waals surface area (Å²) < 4.78 is 13.5. The summed E-state index contributed by atoms with van der Waals surface area (Å²) in [6.07, 6.45) is 6.26. The van der Waals surface area contributed by atoms with Crippen molar-refractivity contribution in [3.63, 3.8) is 0 Å². The second-order valence-corrected chi connectivity index (χ2v) is 5.71. The van der Waals surface area contributed by atoms with Crippen molar-refractivity contribution in [3.8, 4) is 0 Å². The van der Waals surface area contributed by atoms with Crippen molar-refractivity contribution in [3.05, 3.63) is 39.7 Å². The topological polar surface area (TPSA) is 55.2 Å². The van der Waals surface area contributed by atoms with Crippen LogP contribution in [0.3, 0.4) is 0 Å². The Kier molecular flexibility index (Phi) is 4.70. The Bertz CT molecular complexity index is 485. The SMILES string of the molecule is CCC1(CNCc2ccc([N+](=O)[O-])c(F)c2)CCCC1. The molecule has 20 heavy (non-hydrogen) atoms. The van der Waals surface area contributed by atoms with Crippen LogP contribution in [0.15, 0.2) is 18.2 Å². The van der Waals surface area contributed by atoms with E-state index in [9.17, 15) is 14.5 Å². The number of hydrogen-bond donors (Lipinski definition) is 1. The Morgan fingerprint density at radius 3 is 2.65 bits per heavy atom. The number of hydrogen-bond acceptors (Lipinski definition) is 3. The summed E-state index contributed by atoms with van der Waals surface area (Å²) in [5.74, 6) is -0.764. The number of nitrogens with one attached hydrogen (secondary N) is 1. The number of halogens is 1. The first-order valence-electron chi connectivity index (χ1n) is 7.20. The molecule has 0 unspecified atom stereocenters. The van der Waals surface area contributed by atoms with E-state index in [2.05, 4.69) is 12.2 Å². The molecule has 0 saturated heterocycles. The fraction of sp³-hybridized carbons (Fsp3) is 0.600. The van der Waals surface area contributed by atoms with Crippen LogP contribution in [0.5, 0.6) is 0 Å². The molecule has 0 aromatic heterocycles. The Morgan fingerprint density at radius 1 is 1.40 bits per heavy atom. The van der Waals surface area contributed by atoms with E-state index in [4.69, 9.17) is 0 Å². The molecule has 1 aromatic rings. The molecular formula is C15H21FN2O2. The number of nitro benzene ring substituents is 1. The molecule has 0 bridgehead atoms. The Morgan fingerprint density at radius 2 is 2.10 bits per heavy atom. The summed E-state index contributed by atoms with van der Waals surface area (Å²) >= 11 is 0. The van der Waals surface area contributed by atoms with Gasteiger partial charge in [-0.3, -0.25) is 10.1 Å². The summed E-state index contributed by atoms with van der Waals surface area (Å²) in [5, 5.41) is 13.9.